The summed E-state index contributed by atoms with van der Waals surface area (Å²) in [5, 5.41) is 5.24. The Balaban J connectivity index is 2.06. The number of alkyl halides is 3. The van der Waals surface area contributed by atoms with Gasteiger partial charge >= 0.3 is 6.18 Å². The number of hydrogen-bond acceptors (Lipinski definition) is 3. The first-order valence-electron chi connectivity index (χ1n) is 7.71. The SMILES string of the molecule is FC(F)(F)c1ccccc1C(c1cccs1)N1CCCNCC1. The van der Waals surface area contributed by atoms with E-state index < -0.39 is 11.7 Å². The van der Waals surface area contributed by atoms with Gasteiger partial charge in [-0.25, -0.2) is 0 Å². The minimum atomic E-state index is -4.34. The third-order valence-corrected chi connectivity index (χ3v) is 5.04. The second kappa shape index (κ2) is 7.03. The van der Waals surface area contributed by atoms with Gasteiger partial charge < -0.3 is 5.32 Å². The molecule has 1 fully saturated rings. The van der Waals surface area contributed by atoms with Gasteiger partial charge in [0.05, 0.1) is 11.6 Å². The van der Waals surface area contributed by atoms with E-state index in [4.69, 9.17) is 0 Å². The van der Waals surface area contributed by atoms with Gasteiger partial charge in [-0.15, -0.1) is 11.3 Å². The summed E-state index contributed by atoms with van der Waals surface area (Å²) in [6, 6.07) is 9.45. The molecule has 0 bridgehead atoms. The van der Waals surface area contributed by atoms with E-state index in [2.05, 4.69) is 10.2 Å². The normalized spacial score (nSPS) is 18.6. The molecule has 1 aromatic carbocycles. The number of nitrogens with one attached hydrogen (secondary N) is 1. The molecule has 0 spiro atoms. The molecule has 0 saturated carbocycles. The predicted molar refractivity (Wildman–Crippen MR) is 86.7 cm³/mol. The molecule has 0 aliphatic carbocycles. The van der Waals surface area contributed by atoms with Crippen LogP contribution < -0.4 is 5.32 Å². The second-order valence-electron chi connectivity index (χ2n) is 5.64. The molecule has 6 heteroatoms. The Kier molecular flexibility index (Phi) is 5.04. The van der Waals surface area contributed by atoms with Crippen molar-refractivity contribution in [1.82, 2.24) is 10.2 Å². The van der Waals surface area contributed by atoms with Crippen LogP contribution in [0, 0.1) is 0 Å². The van der Waals surface area contributed by atoms with Crippen LogP contribution in [0.2, 0.25) is 0 Å². The van der Waals surface area contributed by atoms with Gasteiger partial charge in [0, 0.05) is 24.5 Å². The fourth-order valence-electron chi connectivity index (χ4n) is 3.10. The molecule has 0 amide bonds. The molecule has 1 N–H and O–H groups in total. The van der Waals surface area contributed by atoms with Gasteiger partial charge in [-0.1, -0.05) is 24.3 Å². The van der Waals surface area contributed by atoms with Crippen LogP contribution in [0.1, 0.15) is 28.5 Å². The van der Waals surface area contributed by atoms with Crippen molar-refractivity contribution in [3.63, 3.8) is 0 Å². The van der Waals surface area contributed by atoms with E-state index in [1.165, 1.54) is 23.5 Å². The molecular weight excluding hydrogens is 321 g/mol. The monoisotopic (exact) mass is 340 g/mol. The first-order valence-corrected chi connectivity index (χ1v) is 8.59. The van der Waals surface area contributed by atoms with Gasteiger partial charge in [0.15, 0.2) is 0 Å². The Bertz CT molecular complexity index is 617. The van der Waals surface area contributed by atoms with Crippen LogP contribution in [0.25, 0.3) is 0 Å². The summed E-state index contributed by atoms with van der Waals surface area (Å²) < 4.78 is 40.4. The lowest BCUT2D eigenvalue weighted by atomic mass is 9.97. The molecule has 0 radical (unpaired) electrons. The molecule has 1 aliphatic rings. The second-order valence-corrected chi connectivity index (χ2v) is 6.62. The summed E-state index contributed by atoms with van der Waals surface area (Å²) in [7, 11) is 0. The van der Waals surface area contributed by atoms with Crippen LogP contribution in [0.4, 0.5) is 13.2 Å². The van der Waals surface area contributed by atoms with Crippen LogP contribution >= 0.6 is 11.3 Å². The number of benzene rings is 1. The van der Waals surface area contributed by atoms with Gasteiger partial charge in [0.25, 0.3) is 0 Å². The molecule has 3 rings (SSSR count). The summed E-state index contributed by atoms with van der Waals surface area (Å²) >= 11 is 1.52. The smallest absolute Gasteiger partial charge is 0.315 e. The average molecular weight is 340 g/mol. The quantitative estimate of drug-likeness (QED) is 0.903. The summed E-state index contributed by atoms with van der Waals surface area (Å²) in [5.41, 5.74) is -0.181. The van der Waals surface area contributed by atoms with Crippen molar-refractivity contribution in [3.05, 3.63) is 57.8 Å². The summed E-state index contributed by atoms with van der Waals surface area (Å²) in [6.07, 6.45) is -3.40. The Morgan fingerprint density at radius 1 is 1.04 bits per heavy atom. The van der Waals surface area contributed by atoms with E-state index in [0.717, 1.165) is 37.5 Å². The fraction of sp³-hybridized carbons (Fsp3) is 0.412. The van der Waals surface area contributed by atoms with Crippen molar-refractivity contribution in [1.29, 1.82) is 0 Å². The van der Waals surface area contributed by atoms with E-state index in [1.54, 1.807) is 12.1 Å². The third-order valence-electron chi connectivity index (χ3n) is 4.11. The van der Waals surface area contributed by atoms with E-state index in [0.29, 0.717) is 5.56 Å². The van der Waals surface area contributed by atoms with Gasteiger partial charge in [-0.3, -0.25) is 4.90 Å². The largest absolute Gasteiger partial charge is 0.416 e. The van der Waals surface area contributed by atoms with Crippen LogP contribution in [0.5, 0.6) is 0 Å². The standard InChI is InChI=1S/C17H19F3N2S/c18-17(19,20)14-6-2-1-5-13(14)16(15-7-3-12-23-15)22-10-4-8-21-9-11-22/h1-3,5-7,12,16,21H,4,8-11H2. The summed E-state index contributed by atoms with van der Waals surface area (Å²) in [4.78, 5) is 3.12. The topological polar surface area (TPSA) is 15.3 Å². The Morgan fingerprint density at radius 3 is 2.61 bits per heavy atom. The number of thiophene rings is 1. The van der Waals surface area contributed by atoms with E-state index in [9.17, 15) is 13.2 Å². The molecule has 1 aromatic heterocycles. The molecule has 2 aromatic rings. The maximum absolute atomic E-state index is 13.5. The first kappa shape index (κ1) is 16.5. The van der Waals surface area contributed by atoms with Crippen molar-refractivity contribution < 1.29 is 13.2 Å². The molecule has 23 heavy (non-hydrogen) atoms. The van der Waals surface area contributed by atoms with E-state index in [1.807, 2.05) is 17.5 Å². The molecule has 124 valence electrons. The van der Waals surface area contributed by atoms with Crippen molar-refractivity contribution in [2.45, 2.75) is 18.6 Å². The van der Waals surface area contributed by atoms with Crippen molar-refractivity contribution in [2.75, 3.05) is 26.2 Å². The predicted octanol–water partition coefficient (Wildman–Crippen LogP) is 4.15. The maximum atomic E-state index is 13.5. The van der Waals surface area contributed by atoms with Crippen LogP contribution in [0.3, 0.4) is 0 Å². The zero-order valence-electron chi connectivity index (χ0n) is 12.6. The lowest BCUT2D eigenvalue weighted by Gasteiger charge is -2.32. The number of halogens is 3. The van der Waals surface area contributed by atoms with Crippen molar-refractivity contribution in [3.8, 4) is 0 Å². The lowest BCUT2D eigenvalue weighted by Crippen LogP contribution is -2.33. The van der Waals surface area contributed by atoms with Crippen LogP contribution in [-0.2, 0) is 6.18 Å². The highest BCUT2D eigenvalue weighted by molar-refractivity contribution is 7.10. The Morgan fingerprint density at radius 2 is 1.87 bits per heavy atom. The number of rotatable bonds is 3. The highest BCUT2D eigenvalue weighted by Gasteiger charge is 2.37. The summed E-state index contributed by atoms with van der Waals surface area (Å²) in [6.45, 7) is 3.25. The molecule has 2 nitrogen and oxygen atoms in total. The number of nitrogens with zero attached hydrogens (tertiary/aromatic N) is 1. The number of hydrogen-bond donors (Lipinski definition) is 1. The van der Waals surface area contributed by atoms with Gasteiger partial charge in [0.1, 0.15) is 0 Å². The highest BCUT2D eigenvalue weighted by atomic mass is 32.1. The third kappa shape index (κ3) is 3.76. The zero-order valence-corrected chi connectivity index (χ0v) is 13.5. The molecule has 1 aliphatic heterocycles. The van der Waals surface area contributed by atoms with E-state index >= 15 is 0 Å². The molecule has 2 heterocycles. The Hall–Kier alpha value is -1.37. The van der Waals surface area contributed by atoms with Crippen LogP contribution in [0.15, 0.2) is 41.8 Å². The molecule has 1 atom stereocenters. The van der Waals surface area contributed by atoms with Gasteiger partial charge in [-0.2, -0.15) is 13.2 Å². The first-order chi connectivity index (χ1) is 11.1. The van der Waals surface area contributed by atoms with Gasteiger partial charge in [0.2, 0.25) is 0 Å². The Labute approximate surface area is 137 Å². The fourth-order valence-corrected chi connectivity index (χ4v) is 3.97. The summed E-state index contributed by atoms with van der Waals surface area (Å²) in [5.74, 6) is 0. The minimum Gasteiger partial charge on any atom is -0.315 e. The van der Waals surface area contributed by atoms with E-state index in [-0.39, 0.29) is 6.04 Å². The average Bonchev–Trinajstić information content (AvgIpc) is 2.90. The zero-order chi connectivity index (χ0) is 16.3. The molecule has 1 unspecified atom stereocenters. The lowest BCUT2D eigenvalue weighted by molar-refractivity contribution is -0.138. The van der Waals surface area contributed by atoms with Crippen LogP contribution in [-0.4, -0.2) is 31.1 Å². The van der Waals surface area contributed by atoms with Crippen molar-refractivity contribution in [2.24, 2.45) is 0 Å². The maximum Gasteiger partial charge on any atom is 0.416 e. The minimum absolute atomic E-state index is 0.340. The highest BCUT2D eigenvalue weighted by Crippen LogP contribution is 2.40. The van der Waals surface area contributed by atoms with Crippen molar-refractivity contribution >= 4 is 11.3 Å². The molecular formula is C17H19F3N2S. The van der Waals surface area contributed by atoms with Gasteiger partial charge in [-0.05, 0) is 36.0 Å². The molecule has 1 saturated heterocycles.